The zero-order valence-corrected chi connectivity index (χ0v) is 19.1. The number of hydrogen-bond donors (Lipinski definition) is 2. The van der Waals surface area contributed by atoms with Crippen LogP contribution in [0.15, 0.2) is 53.4 Å². The number of ether oxygens (including phenoxy) is 1. The third-order valence-electron chi connectivity index (χ3n) is 4.87. The average Bonchev–Trinajstić information content (AvgIpc) is 3.25. The largest absolute Gasteiger partial charge is 0.491 e. The van der Waals surface area contributed by atoms with Crippen molar-refractivity contribution in [1.29, 1.82) is 0 Å². The number of benzene rings is 2. The van der Waals surface area contributed by atoms with Gasteiger partial charge in [0.25, 0.3) is 0 Å². The molecule has 0 spiro atoms. The summed E-state index contributed by atoms with van der Waals surface area (Å²) in [4.78, 5) is 19.5. The van der Waals surface area contributed by atoms with Gasteiger partial charge < -0.3 is 20.7 Å². The first kappa shape index (κ1) is 21.7. The first-order chi connectivity index (χ1) is 15.6. The fourth-order valence-corrected chi connectivity index (χ4v) is 4.01. The molecule has 0 saturated heterocycles. The van der Waals surface area contributed by atoms with Gasteiger partial charge in [0.15, 0.2) is 0 Å². The highest BCUT2D eigenvalue weighted by molar-refractivity contribution is 7.16. The molecule has 2 aromatic heterocycles. The summed E-state index contributed by atoms with van der Waals surface area (Å²) in [7, 11) is 5.73. The number of hydrogen-bond acceptors (Lipinski definition) is 9. The maximum atomic E-state index is 6.20. The Bertz CT molecular complexity index is 1300. The maximum absolute atomic E-state index is 6.20. The lowest BCUT2D eigenvalue weighted by Gasteiger charge is -2.16. The van der Waals surface area contributed by atoms with Crippen LogP contribution in [-0.2, 0) is 0 Å². The molecular weight excluding hydrogens is 422 g/mol. The molecule has 0 aliphatic carbocycles. The quantitative estimate of drug-likeness (QED) is 0.395. The van der Waals surface area contributed by atoms with E-state index in [9.17, 15) is 0 Å². The summed E-state index contributed by atoms with van der Waals surface area (Å²) < 4.78 is 7.30. The molecule has 4 aromatic rings. The highest BCUT2D eigenvalue weighted by Crippen LogP contribution is 2.35. The van der Waals surface area contributed by atoms with Crippen LogP contribution < -0.4 is 15.8 Å². The Morgan fingerprint density at radius 1 is 1.19 bits per heavy atom. The van der Waals surface area contributed by atoms with Crippen molar-refractivity contribution in [3.05, 3.63) is 53.9 Å². The van der Waals surface area contributed by atoms with Crippen LogP contribution in [0.5, 0.6) is 5.75 Å². The summed E-state index contributed by atoms with van der Waals surface area (Å²) in [5.74, 6) is 1.36. The normalized spacial score (nSPS) is 12.3. The van der Waals surface area contributed by atoms with Crippen LogP contribution in [0.4, 0.5) is 11.5 Å². The second-order valence-corrected chi connectivity index (χ2v) is 8.30. The Balaban J connectivity index is 1.80. The first-order valence-corrected chi connectivity index (χ1v) is 11.0. The maximum Gasteiger partial charge on any atom is 0.145 e. The smallest absolute Gasteiger partial charge is 0.145 e. The van der Waals surface area contributed by atoms with Gasteiger partial charge in [0, 0.05) is 37.3 Å². The van der Waals surface area contributed by atoms with Gasteiger partial charge in [-0.15, -0.1) is 11.3 Å². The van der Waals surface area contributed by atoms with Crippen molar-refractivity contribution in [2.45, 2.75) is 0 Å². The number of aromatic nitrogens is 3. The van der Waals surface area contributed by atoms with Gasteiger partial charge in [-0.2, -0.15) is 0 Å². The van der Waals surface area contributed by atoms with Crippen molar-refractivity contribution in [3.63, 3.8) is 0 Å². The van der Waals surface area contributed by atoms with Gasteiger partial charge in [-0.3, -0.25) is 4.99 Å². The van der Waals surface area contributed by atoms with E-state index in [2.05, 4.69) is 36.2 Å². The number of thiazole rings is 1. The predicted molar refractivity (Wildman–Crippen MR) is 133 cm³/mol. The fraction of sp³-hybridized carbons (Fsp3) is 0.217. The van der Waals surface area contributed by atoms with Gasteiger partial charge in [0.05, 0.1) is 26.6 Å². The molecule has 0 aliphatic rings. The number of fused-ring (bicyclic) bond motifs is 2. The van der Waals surface area contributed by atoms with Gasteiger partial charge in [-0.05, 0) is 50.0 Å². The van der Waals surface area contributed by atoms with Crippen LogP contribution in [0.2, 0.25) is 0 Å². The van der Waals surface area contributed by atoms with Crippen LogP contribution in [0.25, 0.3) is 26.7 Å². The Kier molecular flexibility index (Phi) is 6.58. The molecule has 0 atom stereocenters. The first-order valence-electron chi connectivity index (χ1n) is 10.1. The molecule has 0 unspecified atom stereocenters. The van der Waals surface area contributed by atoms with Crippen LogP contribution in [0.1, 0.15) is 5.56 Å². The topological polar surface area (TPSA) is 102 Å². The van der Waals surface area contributed by atoms with E-state index >= 15 is 0 Å². The van der Waals surface area contributed by atoms with Crippen LogP contribution in [0.3, 0.4) is 0 Å². The Morgan fingerprint density at radius 3 is 2.84 bits per heavy atom. The van der Waals surface area contributed by atoms with Crippen LogP contribution in [-0.4, -0.2) is 60.4 Å². The number of nitrogens with one attached hydrogen (secondary N) is 1. The summed E-state index contributed by atoms with van der Waals surface area (Å²) in [5, 5.41) is 4.24. The second-order valence-electron chi connectivity index (χ2n) is 7.41. The van der Waals surface area contributed by atoms with E-state index < -0.39 is 0 Å². The van der Waals surface area contributed by atoms with Gasteiger partial charge in [-0.25, -0.2) is 15.0 Å². The van der Waals surface area contributed by atoms with E-state index in [1.165, 1.54) is 6.20 Å². The predicted octanol–water partition coefficient (Wildman–Crippen LogP) is 3.92. The van der Waals surface area contributed by atoms with Crippen LogP contribution in [0, 0.1) is 0 Å². The summed E-state index contributed by atoms with van der Waals surface area (Å²) in [5.41, 5.74) is 12.0. The van der Waals surface area contributed by atoms with E-state index in [1.54, 1.807) is 30.9 Å². The molecule has 0 bridgehead atoms. The van der Waals surface area contributed by atoms with Crippen LogP contribution >= 0.6 is 11.3 Å². The van der Waals surface area contributed by atoms with E-state index in [4.69, 9.17) is 10.5 Å². The molecule has 9 heteroatoms. The molecule has 0 saturated carbocycles. The third-order valence-corrected chi connectivity index (χ3v) is 5.66. The molecular formula is C23H25N7OS. The Morgan fingerprint density at radius 2 is 2.06 bits per heavy atom. The highest BCUT2D eigenvalue weighted by atomic mass is 32.1. The van der Waals surface area contributed by atoms with E-state index in [0.717, 1.165) is 44.5 Å². The van der Waals surface area contributed by atoms with Crippen molar-refractivity contribution >= 4 is 55.7 Å². The number of aliphatic imine (C=N–C) groups is 1. The lowest BCUT2D eigenvalue weighted by molar-refractivity contribution is 0.263. The molecule has 2 aromatic carbocycles. The minimum atomic E-state index is 0.524. The zero-order chi connectivity index (χ0) is 22.5. The van der Waals surface area contributed by atoms with E-state index in [1.807, 2.05) is 43.9 Å². The number of rotatable bonds is 8. The number of nitrogens with two attached hydrogens (primary N) is 1. The number of likely N-dealkylation sites (N-methyl/N-ethyl adjacent to an activating group) is 1. The lowest BCUT2D eigenvalue weighted by Crippen LogP contribution is -2.19. The fourth-order valence-electron chi connectivity index (χ4n) is 3.29. The lowest BCUT2D eigenvalue weighted by atomic mass is 10.0. The van der Waals surface area contributed by atoms with Crippen molar-refractivity contribution in [1.82, 2.24) is 19.9 Å². The second kappa shape index (κ2) is 9.71. The Labute approximate surface area is 190 Å². The SMILES string of the molecule is CN=C/C(=C\N)c1cc(OCCN(C)C)c2c(Nc3ccc4ncsc4c3)ncnc2c1. The van der Waals surface area contributed by atoms with Crippen molar-refractivity contribution in [2.24, 2.45) is 10.7 Å². The van der Waals surface area contributed by atoms with Gasteiger partial charge in [0.2, 0.25) is 0 Å². The van der Waals surface area contributed by atoms with Gasteiger partial charge >= 0.3 is 0 Å². The molecule has 3 N–H and O–H groups in total. The van der Waals surface area contributed by atoms with Gasteiger partial charge in [0.1, 0.15) is 24.5 Å². The Hall–Kier alpha value is -3.56. The number of allylic oxidation sites excluding steroid dienone is 1. The number of nitrogens with zero attached hydrogens (tertiary/aromatic N) is 5. The molecule has 0 fully saturated rings. The molecule has 8 nitrogen and oxygen atoms in total. The van der Waals surface area contributed by atoms with E-state index in [-0.39, 0.29) is 0 Å². The van der Waals surface area contributed by atoms with Crippen molar-refractivity contribution < 1.29 is 4.74 Å². The highest BCUT2D eigenvalue weighted by Gasteiger charge is 2.15. The standard InChI is InChI=1S/C23H25N7OS/c1-25-12-16(11-24)15-8-19-22(20(9-15)31-7-6-30(2)3)23(27-13-26-19)29-17-4-5-18-21(10-17)32-14-28-18/h4-5,8-14H,6-7,24H2,1-3H3,(H,26,27,29)/b16-11+,25-12?. The molecule has 4 rings (SSSR count). The van der Waals surface area contributed by atoms with Crippen molar-refractivity contribution in [2.75, 3.05) is 39.6 Å². The summed E-state index contributed by atoms with van der Waals surface area (Å²) in [6, 6.07) is 9.97. The molecule has 0 amide bonds. The minimum Gasteiger partial charge on any atom is -0.491 e. The summed E-state index contributed by atoms with van der Waals surface area (Å²) in [6.45, 7) is 1.30. The summed E-state index contributed by atoms with van der Waals surface area (Å²) in [6.07, 6.45) is 4.79. The molecule has 32 heavy (non-hydrogen) atoms. The van der Waals surface area contributed by atoms with Gasteiger partial charge in [-0.1, -0.05) is 0 Å². The third kappa shape index (κ3) is 4.68. The summed E-state index contributed by atoms with van der Waals surface area (Å²) >= 11 is 1.60. The molecule has 2 heterocycles. The molecule has 164 valence electrons. The molecule has 0 radical (unpaired) electrons. The minimum absolute atomic E-state index is 0.524. The zero-order valence-electron chi connectivity index (χ0n) is 18.2. The average molecular weight is 448 g/mol. The molecule has 0 aliphatic heterocycles. The van der Waals surface area contributed by atoms with E-state index in [0.29, 0.717) is 18.2 Å². The van der Waals surface area contributed by atoms with Crippen molar-refractivity contribution in [3.8, 4) is 5.75 Å². The number of anilines is 2. The monoisotopic (exact) mass is 447 g/mol.